The number of nitrogens with two attached hydrogens (primary N) is 1. The summed E-state index contributed by atoms with van der Waals surface area (Å²) in [5.41, 5.74) is 6.86. The van der Waals surface area contributed by atoms with Gasteiger partial charge in [-0.3, -0.25) is 0 Å². The lowest BCUT2D eigenvalue weighted by molar-refractivity contribution is -0.128. The zero-order chi connectivity index (χ0) is 17.8. The molecule has 0 bridgehead atoms. The molecule has 0 heterocycles. The molecule has 4 fully saturated rings. The van der Waals surface area contributed by atoms with Crippen molar-refractivity contribution < 1.29 is 5.11 Å². The van der Waals surface area contributed by atoms with Gasteiger partial charge in [0.15, 0.2) is 0 Å². The molecule has 4 aliphatic rings. The van der Waals surface area contributed by atoms with E-state index < -0.39 is 0 Å². The van der Waals surface area contributed by atoms with E-state index in [0.717, 1.165) is 55.6 Å². The Morgan fingerprint density at radius 3 is 2.44 bits per heavy atom. The van der Waals surface area contributed by atoms with Gasteiger partial charge in [-0.1, -0.05) is 13.8 Å². The lowest BCUT2D eigenvalue weighted by atomic mass is 9.45. The summed E-state index contributed by atoms with van der Waals surface area (Å²) in [6.45, 7) is 7.02. The average molecular weight is 349 g/mol. The van der Waals surface area contributed by atoms with Gasteiger partial charge in [-0.15, -0.1) is 0 Å². The Bertz CT molecular complexity index is 496. The molecular weight excluding hydrogens is 308 g/mol. The number of nitrogens with zero attached hydrogens (tertiary/aromatic N) is 1. The lowest BCUT2D eigenvalue weighted by Crippen LogP contribution is -2.56. The SMILES string of the molecule is CN(CCN)[C@H]1CC[C@@H]2[C@H]3CC[C@H]4C[C@@H](O)CC[C@]4(C)[C@@H]3CC[C@]21C. The number of likely N-dealkylation sites (N-methyl/N-ethyl adjacent to an activating group) is 1. The van der Waals surface area contributed by atoms with Crippen LogP contribution in [0, 0.1) is 34.5 Å². The van der Waals surface area contributed by atoms with Crippen LogP contribution in [0.1, 0.15) is 71.6 Å². The second-order valence-corrected chi connectivity index (χ2v) is 10.5. The van der Waals surface area contributed by atoms with Crippen molar-refractivity contribution in [3.63, 3.8) is 0 Å². The van der Waals surface area contributed by atoms with E-state index >= 15 is 0 Å². The zero-order valence-corrected chi connectivity index (χ0v) is 16.7. The van der Waals surface area contributed by atoms with Crippen LogP contribution in [0.3, 0.4) is 0 Å². The Labute approximate surface area is 154 Å². The summed E-state index contributed by atoms with van der Waals surface area (Å²) >= 11 is 0. The fourth-order valence-electron chi connectivity index (χ4n) is 8.29. The number of aliphatic hydroxyl groups is 1. The summed E-state index contributed by atoms with van der Waals surface area (Å²) in [6.07, 6.45) is 11.8. The maximum absolute atomic E-state index is 10.2. The molecule has 0 aliphatic heterocycles. The molecule has 0 aromatic rings. The molecule has 4 saturated carbocycles. The molecule has 3 nitrogen and oxygen atoms in total. The molecule has 25 heavy (non-hydrogen) atoms. The monoisotopic (exact) mass is 348 g/mol. The largest absolute Gasteiger partial charge is 0.393 e. The Hall–Kier alpha value is -0.120. The van der Waals surface area contributed by atoms with E-state index in [0.29, 0.717) is 10.8 Å². The van der Waals surface area contributed by atoms with Crippen LogP contribution in [0.5, 0.6) is 0 Å². The van der Waals surface area contributed by atoms with Gasteiger partial charge in [-0.25, -0.2) is 0 Å². The van der Waals surface area contributed by atoms with Crippen LogP contribution in [0.4, 0.5) is 0 Å². The van der Waals surface area contributed by atoms with Crippen molar-refractivity contribution >= 4 is 0 Å². The molecule has 0 amide bonds. The van der Waals surface area contributed by atoms with Crippen molar-refractivity contribution in [2.75, 3.05) is 20.1 Å². The summed E-state index contributed by atoms with van der Waals surface area (Å²) in [4.78, 5) is 2.57. The Balaban J connectivity index is 1.56. The number of hydrogen-bond acceptors (Lipinski definition) is 3. The van der Waals surface area contributed by atoms with E-state index in [2.05, 4.69) is 25.8 Å². The van der Waals surface area contributed by atoms with Crippen molar-refractivity contribution in [2.45, 2.75) is 83.8 Å². The van der Waals surface area contributed by atoms with Crippen molar-refractivity contribution in [1.29, 1.82) is 0 Å². The van der Waals surface area contributed by atoms with Gasteiger partial charge < -0.3 is 15.7 Å². The third-order valence-electron chi connectivity index (χ3n) is 9.60. The minimum Gasteiger partial charge on any atom is -0.393 e. The number of fused-ring (bicyclic) bond motifs is 5. The smallest absolute Gasteiger partial charge is 0.0543 e. The van der Waals surface area contributed by atoms with Gasteiger partial charge in [-0.05, 0) is 99.3 Å². The first-order valence-corrected chi connectivity index (χ1v) is 11.0. The zero-order valence-electron chi connectivity index (χ0n) is 16.7. The van der Waals surface area contributed by atoms with Gasteiger partial charge in [0.25, 0.3) is 0 Å². The van der Waals surface area contributed by atoms with E-state index in [1.54, 1.807) is 0 Å². The molecule has 0 unspecified atom stereocenters. The molecule has 4 rings (SSSR count). The Morgan fingerprint density at radius 1 is 0.960 bits per heavy atom. The molecule has 0 aromatic carbocycles. The third-order valence-corrected chi connectivity index (χ3v) is 9.60. The number of hydrogen-bond donors (Lipinski definition) is 2. The van der Waals surface area contributed by atoms with Gasteiger partial charge in [0.05, 0.1) is 6.10 Å². The summed E-state index contributed by atoms with van der Waals surface area (Å²) < 4.78 is 0. The highest BCUT2D eigenvalue weighted by Crippen LogP contribution is 2.66. The Kier molecular flexibility index (Phi) is 4.74. The number of aliphatic hydroxyl groups excluding tert-OH is 1. The highest BCUT2D eigenvalue weighted by atomic mass is 16.3. The van der Waals surface area contributed by atoms with Gasteiger partial charge in [0.2, 0.25) is 0 Å². The van der Waals surface area contributed by atoms with E-state index in [4.69, 9.17) is 5.73 Å². The molecule has 4 aliphatic carbocycles. The summed E-state index contributed by atoms with van der Waals surface area (Å²) in [6, 6.07) is 0.737. The second-order valence-electron chi connectivity index (χ2n) is 10.5. The van der Waals surface area contributed by atoms with Crippen molar-refractivity contribution in [3.05, 3.63) is 0 Å². The third kappa shape index (κ3) is 2.72. The van der Waals surface area contributed by atoms with E-state index in [1.807, 2.05) is 0 Å². The minimum absolute atomic E-state index is 0.0238. The van der Waals surface area contributed by atoms with E-state index in [9.17, 15) is 5.11 Å². The molecular formula is C22H40N2O. The van der Waals surface area contributed by atoms with Crippen LogP contribution in [-0.2, 0) is 0 Å². The van der Waals surface area contributed by atoms with Gasteiger partial charge in [0.1, 0.15) is 0 Å². The predicted octanol–water partition coefficient (Wildman–Crippen LogP) is 3.65. The van der Waals surface area contributed by atoms with Crippen molar-refractivity contribution in [1.82, 2.24) is 4.90 Å². The molecule has 0 spiro atoms. The topological polar surface area (TPSA) is 49.5 Å². The van der Waals surface area contributed by atoms with Crippen molar-refractivity contribution in [3.8, 4) is 0 Å². The number of rotatable bonds is 3. The first-order valence-electron chi connectivity index (χ1n) is 11.0. The van der Waals surface area contributed by atoms with Crippen LogP contribution in [0.2, 0.25) is 0 Å². The van der Waals surface area contributed by atoms with E-state index in [1.165, 1.54) is 44.9 Å². The van der Waals surface area contributed by atoms with Crippen molar-refractivity contribution in [2.24, 2.45) is 40.2 Å². The van der Waals surface area contributed by atoms with Gasteiger partial charge in [0, 0.05) is 19.1 Å². The van der Waals surface area contributed by atoms with Crippen LogP contribution >= 0.6 is 0 Å². The molecule has 8 atom stereocenters. The molecule has 0 aromatic heterocycles. The molecule has 3 N–H and O–H groups in total. The highest BCUT2D eigenvalue weighted by Gasteiger charge is 2.60. The minimum atomic E-state index is -0.0238. The summed E-state index contributed by atoms with van der Waals surface area (Å²) in [5, 5.41) is 10.2. The molecule has 0 radical (unpaired) electrons. The fourth-order valence-corrected chi connectivity index (χ4v) is 8.29. The van der Waals surface area contributed by atoms with Crippen LogP contribution in [0.25, 0.3) is 0 Å². The van der Waals surface area contributed by atoms with Crippen LogP contribution in [-0.4, -0.2) is 42.3 Å². The molecule has 144 valence electrons. The fraction of sp³-hybridized carbons (Fsp3) is 1.00. The quantitative estimate of drug-likeness (QED) is 0.818. The maximum Gasteiger partial charge on any atom is 0.0543 e. The van der Waals surface area contributed by atoms with Gasteiger partial charge in [-0.2, -0.15) is 0 Å². The maximum atomic E-state index is 10.2. The van der Waals surface area contributed by atoms with Gasteiger partial charge >= 0.3 is 0 Å². The highest BCUT2D eigenvalue weighted by molar-refractivity contribution is 5.11. The van der Waals surface area contributed by atoms with Crippen LogP contribution < -0.4 is 5.73 Å². The first kappa shape index (κ1) is 18.3. The Morgan fingerprint density at radius 2 is 1.68 bits per heavy atom. The van der Waals surface area contributed by atoms with Crippen LogP contribution in [0.15, 0.2) is 0 Å². The molecule has 3 heteroatoms. The average Bonchev–Trinajstić information content (AvgIpc) is 2.93. The lowest BCUT2D eigenvalue weighted by Gasteiger charge is -2.61. The second kappa shape index (κ2) is 6.49. The summed E-state index contributed by atoms with van der Waals surface area (Å²) in [5.74, 6) is 3.54. The standard InChI is InChI=1S/C22H40N2O/c1-21-10-8-16(25)14-15(21)4-5-17-18-6-7-20(24(3)13-12-23)22(18,2)11-9-19(17)21/h15-20,25H,4-14,23H2,1-3H3/t15-,16-,17+,18+,19+,20-,21-,22+/m0/s1. The normalized spacial score (nSPS) is 52.6. The first-order chi connectivity index (χ1) is 11.9. The van der Waals surface area contributed by atoms with E-state index in [-0.39, 0.29) is 6.10 Å². The summed E-state index contributed by atoms with van der Waals surface area (Å²) in [7, 11) is 2.30. The predicted molar refractivity (Wildman–Crippen MR) is 103 cm³/mol. The molecule has 0 saturated heterocycles.